The Labute approximate surface area is 117 Å². The first-order valence-corrected chi connectivity index (χ1v) is 6.33. The van der Waals surface area contributed by atoms with Crippen LogP contribution in [-0.4, -0.2) is 31.5 Å². The van der Waals surface area contributed by atoms with Gasteiger partial charge in [-0.3, -0.25) is 0 Å². The summed E-state index contributed by atoms with van der Waals surface area (Å²) in [5.74, 6) is 1.96. The first-order chi connectivity index (χ1) is 9.79. The summed E-state index contributed by atoms with van der Waals surface area (Å²) in [6.07, 6.45) is 0.870. The Bertz CT molecular complexity index is 495. The van der Waals surface area contributed by atoms with Crippen LogP contribution in [0.15, 0.2) is 47.1 Å². The van der Waals surface area contributed by atoms with Gasteiger partial charge in [-0.25, -0.2) is 0 Å². The van der Waals surface area contributed by atoms with E-state index in [0.717, 1.165) is 5.76 Å². The van der Waals surface area contributed by atoms with Crippen molar-refractivity contribution in [1.82, 2.24) is 0 Å². The minimum atomic E-state index is -0.713. The van der Waals surface area contributed by atoms with Crippen molar-refractivity contribution in [3.8, 4) is 11.5 Å². The molecule has 0 aliphatic heterocycles. The molecule has 20 heavy (non-hydrogen) atoms. The fourth-order valence-corrected chi connectivity index (χ4v) is 1.66. The van der Waals surface area contributed by atoms with Gasteiger partial charge in [0.15, 0.2) is 11.5 Å². The molecular weight excluding hydrogens is 260 g/mol. The van der Waals surface area contributed by atoms with Gasteiger partial charge in [0.2, 0.25) is 0 Å². The first-order valence-electron chi connectivity index (χ1n) is 6.33. The number of furan rings is 1. The van der Waals surface area contributed by atoms with Crippen LogP contribution in [0.4, 0.5) is 0 Å². The molecule has 0 spiro atoms. The van der Waals surface area contributed by atoms with E-state index in [1.807, 2.05) is 18.2 Å². The molecule has 0 radical (unpaired) electrons. The lowest BCUT2D eigenvalue weighted by atomic mass is 10.3. The minimum Gasteiger partial charge on any atom is -0.493 e. The van der Waals surface area contributed by atoms with Crippen LogP contribution in [-0.2, 0) is 11.3 Å². The summed E-state index contributed by atoms with van der Waals surface area (Å²) >= 11 is 0. The lowest BCUT2D eigenvalue weighted by Gasteiger charge is -2.14. The van der Waals surface area contributed by atoms with Gasteiger partial charge in [0.05, 0.1) is 20.0 Å². The molecule has 0 aliphatic carbocycles. The first kappa shape index (κ1) is 14.4. The van der Waals surface area contributed by atoms with E-state index in [1.54, 1.807) is 31.6 Å². The van der Waals surface area contributed by atoms with Crippen LogP contribution in [0.25, 0.3) is 0 Å². The van der Waals surface area contributed by atoms with Crippen molar-refractivity contribution in [2.45, 2.75) is 12.7 Å². The molecule has 1 N–H and O–H groups in total. The molecule has 2 rings (SSSR count). The number of methoxy groups -OCH3 is 1. The predicted molar refractivity (Wildman–Crippen MR) is 72.9 cm³/mol. The number of benzene rings is 1. The van der Waals surface area contributed by atoms with E-state index >= 15 is 0 Å². The van der Waals surface area contributed by atoms with Gasteiger partial charge < -0.3 is 23.7 Å². The predicted octanol–water partition coefficient (Wildman–Crippen LogP) is 2.24. The number of ether oxygens (including phenoxy) is 3. The van der Waals surface area contributed by atoms with Crippen molar-refractivity contribution in [2.75, 3.05) is 20.3 Å². The molecule has 1 aromatic carbocycles. The summed E-state index contributed by atoms with van der Waals surface area (Å²) in [6, 6.07) is 10.9. The topological polar surface area (TPSA) is 61.1 Å². The van der Waals surface area contributed by atoms with Crippen molar-refractivity contribution in [2.24, 2.45) is 0 Å². The summed E-state index contributed by atoms with van der Waals surface area (Å²) in [6.45, 7) is 0.646. The SMILES string of the molecule is COc1ccccc1OCC(O)COCc1ccco1. The monoisotopic (exact) mass is 278 g/mol. The highest BCUT2D eigenvalue weighted by molar-refractivity contribution is 5.39. The third kappa shape index (κ3) is 4.29. The van der Waals surface area contributed by atoms with E-state index in [1.165, 1.54) is 0 Å². The third-order valence-corrected chi connectivity index (χ3v) is 2.63. The van der Waals surface area contributed by atoms with Crippen LogP contribution in [0.2, 0.25) is 0 Å². The molecule has 0 aliphatic rings. The van der Waals surface area contributed by atoms with Crippen LogP contribution >= 0.6 is 0 Å². The molecule has 1 unspecified atom stereocenters. The van der Waals surface area contributed by atoms with Crippen molar-refractivity contribution in [1.29, 1.82) is 0 Å². The zero-order valence-corrected chi connectivity index (χ0v) is 11.3. The molecule has 5 nitrogen and oxygen atoms in total. The second-order valence-electron chi connectivity index (χ2n) is 4.21. The highest BCUT2D eigenvalue weighted by Gasteiger charge is 2.09. The molecule has 0 amide bonds. The zero-order chi connectivity index (χ0) is 14.2. The quantitative estimate of drug-likeness (QED) is 0.802. The van der Waals surface area contributed by atoms with Crippen molar-refractivity contribution in [3.63, 3.8) is 0 Å². The molecular formula is C15H18O5. The second-order valence-corrected chi connectivity index (χ2v) is 4.21. The highest BCUT2D eigenvalue weighted by Crippen LogP contribution is 2.25. The summed E-state index contributed by atoms with van der Waals surface area (Å²) in [5, 5.41) is 9.78. The Hall–Kier alpha value is -1.98. The van der Waals surface area contributed by atoms with E-state index < -0.39 is 6.10 Å². The smallest absolute Gasteiger partial charge is 0.161 e. The number of aliphatic hydroxyl groups excluding tert-OH is 1. The Morgan fingerprint density at radius 1 is 1.10 bits per heavy atom. The molecule has 2 aromatic rings. The lowest BCUT2D eigenvalue weighted by Crippen LogP contribution is -2.23. The normalized spacial score (nSPS) is 12.1. The van der Waals surface area contributed by atoms with Gasteiger partial charge in [-0.15, -0.1) is 0 Å². The maximum absolute atomic E-state index is 9.78. The molecule has 0 fully saturated rings. The lowest BCUT2D eigenvalue weighted by molar-refractivity contribution is 0.000510. The van der Waals surface area contributed by atoms with E-state index in [-0.39, 0.29) is 13.2 Å². The van der Waals surface area contributed by atoms with Crippen molar-refractivity contribution in [3.05, 3.63) is 48.4 Å². The Morgan fingerprint density at radius 2 is 1.90 bits per heavy atom. The zero-order valence-electron chi connectivity index (χ0n) is 11.3. The van der Waals surface area contributed by atoms with Crippen LogP contribution < -0.4 is 9.47 Å². The molecule has 1 heterocycles. The maximum atomic E-state index is 9.78. The van der Waals surface area contributed by atoms with Crippen LogP contribution in [0.5, 0.6) is 11.5 Å². The van der Waals surface area contributed by atoms with E-state index in [9.17, 15) is 5.11 Å². The van der Waals surface area contributed by atoms with Crippen LogP contribution in [0, 0.1) is 0 Å². The molecule has 1 aromatic heterocycles. The van der Waals surface area contributed by atoms with Gasteiger partial charge >= 0.3 is 0 Å². The minimum absolute atomic E-state index is 0.137. The van der Waals surface area contributed by atoms with Crippen molar-refractivity contribution < 1.29 is 23.7 Å². The van der Waals surface area contributed by atoms with Crippen LogP contribution in [0.1, 0.15) is 5.76 Å². The average Bonchev–Trinajstić information content (AvgIpc) is 2.98. The van der Waals surface area contributed by atoms with Crippen LogP contribution in [0.3, 0.4) is 0 Å². The highest BCUT2D eigenvalue weighted by atomic mass is 16.5. The summed E-state index contributed by atoms with van der Waals surface area (Å²) in [4.78, 5) is 0. The number of hydrogen-bond donors (Lipinski definition) is 1. The maximum Gasteiger partial charge on any atom is 0.161 e. The third-order valence-electron chi connectivity index (χ3n) is 2.63. The van der Waals surface area contributed by atoms with Gasteiger partial charge in [-0.2, -0.15) is 0 Å². The average molecular weight is 278 g/mol. The van der Waals surface area contributed by atoms with Crippen molar-refractivity contribution >= 4 is 0 Å². The fourth-order valence-electron chi connectivity index (χ4n) is 1.66. The second kappa shape index (κ2) is 7.57. The molecule has 1 atom stereocenters. The van der Waals surface area contributed by atoms with E-state index in [4.69, 9.17) is 18.6 Å². The number of hydrogen-bond acceptors (Lipinski definition) is 5. The molecule has 0 saturated heterocycles. The molecule has 0 saturated carbocycles. The Balaban J connectivity index is 1.70. The van der Waals surface area contributed by atoms with E-state index in [0.29, 0.717) is 18.1 Å². The standard InChI is InChI=1S/C15H18O5/c1-17-14-6-2-3-7-15(14)20-10-12(16)9-18-11-13-5-4-8-19-13/h2-8,12,16H,9-11H2,1H3. The number of aliphatic hydroxyl groups is 1. The molecule has 108 valence electrons. The largest absolute Gasteiger partial charge is 0.493 e. The van der Waals surface area contributed by atoms with Gasteiger partial charge in [-0.05, 0) is 24.3 Å². The Kier molecular flexibility index (Phi) is 5.46. The fraction of sp³-hybridized carbons (Fsp3) is 0.333. The number of para-hydroxylation sites is 2. The molecule has 5 heteroatoms. The summed E-state index contributed by atoms with van der Waals surface area (Å²) < 4.78 is 21.1. The van der Waals surface area contributed by atoms with E-state index in [2.05, 4.69) is 0 Å². The Morgan fingerprint density at radius 3 is 2.60 bits per heavy atom. The summed E-state index contributed by atoms with van der Waals surface area (Å²) in [5.41, 5.74) is 0. The summed E-state index contributed by atoms with van der Waals surface area (Å²) in [7, 11) is 1.57. The van der Waals surface area contributed by atoms with Gasteiger partial charge in [0, 0.05) is 0 Å². The van der Waals surface area contributed by atoms with Gasteiger partial charge in [0.1, 0.15) is 25.1 Å². The molecule has 0 bridgehead atoms. The number of rotatable bonds is 8. The van der Waals surface area contributed by atoms with Gasteiger partial charge in [0.25, 0.3) is 0 Å². The van der Waals surface area contributed by atoms with Gasteiger partial charge in [-0.1, -0.05) is 12.1 Å².